The number of fused-ring (bicyclic) bond motifs is 1. The smallest absolute Gasteiger partial charge is 0.0726 e. The fourth-order valence-corrected chi connectivity index (χ4v) is 4.04. The van der Waals surface area contributed by atoms with E-state index in [2.05, 4.69) is 68.3 Å². The molecular weight excluding hydrogens is 270 g/mol. The van der Waals surface area contributed by atoms with Gasteiger partial charge in [-0.15, -0.1) is 0 Å². The Morgan fingerprint density at radius 2 is 1.68 bits per heavy atom. The van der Waals surface area contributed by atoms with E-state index in [-0.39, 0.29) is 0 Å². The summed E-state index contributed by atoms with van der Waals surface area (Å²) in [5.74, 6) is 0.642. The molecule has 1 N–H and O–H groups in total. The number of aryl methyl sites for hydroxylation is 1. The molecule has 0 spiro atoms. The summed E-state index contributed by atoms with van der Waals surface area (Å²) in [5, 5.41) is 13.7. The number of likely N-dealkylation sites (tertiary alicyclic amines) is 1. The van der Waals surface area contributed by atoms with Crippen LogP contribution in [0.15, 0.2) is 42.5 Å². The number of rotatable bonds is 3. The molecule has 0 radical (unpaired) electrons. The summed E-state index contributed by atoms with van der Waals surface area (Å²) in [5.41, 5.74) is 0.781. The average molecular weight is 297 g/mol. The molecule has 118 valence electrons. The van der Waals surface area contributed by atoms with Gasteiger partial charge in [-0.3, -0.25) is 0 Å². The molecule has 3 atom stereocenters. The normalized spacial score (nSPS) is 29.8. The molecule has 1 aliphatic rings. The van der Waals surface area contributed by atoms with Gasteiger partial charge in [0.2, 0.25) is 0 Å². The summed E-state index contributed by atoms with van der Waals surface area (Å²) in [6.45, 7) is 6.34. The zero-order valence-corrected chi connectivity index (χ0v) is 13.9. The Morgan fingerprint density at radius 1 is 1.05 bits per heavy atom. The molecule has 1 unspecified atom stereocenters. The molecule has 1 heterocycles. The minimum atomic E-state index is -0.543. The molecule has 0 amide bonds. The molecule has 1 saturated heterocycles. The van der Waals surface area contributed by atoms with Crippen molar-refractivity contribution in [1.29, 1.82) is 0 Å². The quantitative estimate of drug-likeness (QED) is 0.933. The highest BCUT2D eigenvalue weighted by Gasteiger charge is 2.42. The van der Waals surface area contributed by atoms with Crippen LogP contribution in [-0.2, 0) is 6.42 Å². The van der Waals surface area contributed by atoms with Crippen LogP contribution in [0, 0.1) is 11.8 Å². The zero-order chi connectivity index (χ0) is 15.7. The largest absolute Gasteiger partial charge is 0.389 e. The van der Waals surface area contributed by atoms with Gasteiger partial charge in [0.15, 0.2) is 0 Å². The second kappa shape index (κ2) is 6.02. The summed E-state index contributed by atoms with van der Waals surface area (Å²) in [7, 11) is 2.15. The van der Waals surface area contributed by atoms with Crippen LogP contribution in [-0.4, -0.2) is 35.7 Å². The molecule has 0 aliphatic carbocycles. The minimum Gasteiger partial charge on any atom is -0.389 e. The van der Waals surface area contributed by atoms with Crippen molar-refractivity contribution in [3.05, 3.63) is 48.0 Å². The summed E-state index contributed by atoms with van der Waals surface area (Å²) in [6, 6.07) is 15.1. The third-order valence-electron chi connectivity index (χ3n) is 5.51. The lowest BCUT2D eigenvalue weighted by molar-refractivity contribution is -0.106. The topological polar surface area (TPSA) is 23.5 Å². The minimum absolute atomic E-state index is 0.321. The first-order valence-electron chi connectivity index (χ1n) is 8.37. The first-order chi connectivity index (χ1) is 10.5. The summed E-state index contributed by atoms with van der Waals surface area (Å²) < 4.78 is 0. The highest BCUT2D eigenvalue weighted by atomic mass is 16.3. The third-order valence-corrected chi connectivity index (χ3v) is 5.51. The summed E-state index contributed by atoms with van der Waals surface area (Å²) in [4.78, 5) is 2.33. The van der Waals surface area contributed by atoms with Crippen LogP contribution in [0.3, 0.4) is 0 Å². The Morgan fingerprint density at radius 3 is 2.36 bits per heavy atom. The number of aliphatic hydroxyl groups is 1. The molecule has 3 rings (SSSR count). The standard InChI is InChI=1S/C20H27NO/c1-15-13-21(3)14-16(2)20(15,22)11-10-17-8-9-18-6-4-5-7-19(18)12-17/h4-9,12,15-16,22H,10-11,13-14H2,1-3H3/t15-,16+,20?. The van der Waals surface area contributed by atoms with Crippen molar-refractivity contribution in [1.82, 2.24) is 4.90 Å². The Labute approximate surface area is 133 Å². The molecular formula is C20H27NO. The zero-order valence-electron chi connectivity index (χ0n) is 13.9. The van der Waals surface area contributed by atoms with Crippen molar-refractivity contribution in [3.8, 4) is 0 Å². The molecule has 0 bridgehead atoms. The predicted molar refractivity (Wildman–Crippen MR) is 93.0 cm³/mol. The van der Waals surface area contributed by atoms with Crippen LogP contribution in [0.4, 0.5) is 0 Å². The Kier molecular flexibility index (Phi) is 4.24. The maximum atomic E-state index is 11.2. The van der Waals surface area contributed by atoms with Crippen LogP contribution < -0.4 is 0 Å². The van der Waals surface area contributed by atoms with E-state index in [4.69, 9.17) is 0 Å². The van der Waals surface area contributed by atoms with Crippen LogP contribution in [0.2, 0.25) is 0 Å². The van der Waals surface area contributed by atoms with Crippen LogP contribution in [0.5, 0.6) is 0 Å². The molecule has 1 aliphatic heterocycles. The molecule has 2 heteroatoms. The molecule has 1 fully saturated rings. The summed E-state index contributed by atoms with van der Waals surface area (Å²) in [6.07, 6.45) is 1.79. The maximum Gasteiger partial charge on any atom is 0.0726 e. The van der Waals surface area contributed by atoms with E-state index in [1.165, 1.54) is 16.3 Å². The molecule has 2 nitrogen and oxygen atoms in total. The molecule has 2 aromatic rings. The van der Waals surface area contributed by atoms with Gasteiger partial charge in [-0.25, -0.2) is 0 Å². The Hall–Kier alpha value is -1.38. The first kappa shape index (κ1) is 15.5. The van der Waals surface area contributed by atoms with Gasteiger partial charge in [-0.2, -0.15) is 0 Å². The monoisotopic (exact) mass is 297 g/mol. The van der Waals surface area contributed by atoms with Gasteiger partial charge in [0.05, 0.1) is 5.60 Å². The SMILES string of the molecule is C[C@@H]1CN(C)C[C@H](C)C1(O)CCc1ccc2ccccc2c1. The Bertz CT molecular complexity index is 639. The highest BCUT2D eigenvalue weighted by molar-refractivity contribution is 5.82. The van der Waals surface area contributed by atoms with Crippen molar-refractivity contribution in [2.24, 2.45) is 11.8 Å². The third kappa shape index (κ3) is 2.90. The lowest BCUT2D eigenvalue weighted by Gasteiger charge is -2.47. The van der Waals surface area contributed by atoms with E-state index in [0.29, 0.717) is 11.8 Å². The van der Waals surface area contributed by atoms with Crippen molar-refractivity contribution >= 4 is 10.8 Å². The second-order valence-corrected chi connectivity index (χ2v) is 7.20. The average Bonchev–Trinajstić information content (AvgIpc) is 2.50. The predicted octanol–water partition coefficient (Wildman–Crippen LogP) is 3.72. The maximum absolute atomic E-state index is 11.2. The van der Waals surface area contributed by atoms with Gasteiger partial charge < -0.3 is 10.0 Å². The van der Waals surface area contributed by atoms with Crippen molar-refractivity contribution < 1.29 is 5.11 Å². The second-order valence-electron chi connectivity index (χ2n) is 7.20. The van der Waals surface area contributed by atoms with Gasteiger partial charge in [-0.1, -0.05) is 56.3 Å². The van der Waals surface area contributed by atoms with Gasteiger partial charge in [0.25, 0.3) is 0 Å². The fourth-order valence-electron chi connectivity index (χ4n) is 4.04. The number of piperidine rings is 1. The first-order valence-corrected chi connectivity index (χ1v) is 8.37. The molecule has 0 saturated carbocycles. The molecule has 0 aromatic heterocycles. The number of benzene rings is 2. The van der Waals surface area contributed by atoms with Crippen molar-refractivity contribution in [2.45, 2.75) is 32.3 Å². The van der Waals surface area contributed by atoms with E-state index in [0.717, 1.165) is 25.9 Å². The van der Waals surface area contributed by atoms with E-state index >= 15 is 0 Å². The summed E-state index contributed by atoms with van der Waals surface area (Å²) >= 11 is 0. The number of nitrogens with zero attached hydrogens (tertiary/aromatic N) is 1. The van der Waals surface area contributed by atoms with Crippen LogP contribution in [0.25, 0.3) is 10.8 Å². The van der Waals surface area contributed by atoms with Crippen LogP contribution in [0.1, 0.15) is 25.8 Å². The fraction of sp³-hybridized carbons (Fsp3) is 0.500. The van der Waals surface area contributed by atoms with Crippen molar-refractivity contribution in [2.75, 3.05) is 20.1 Å². The van der Waals surface area contributed by atoms with Gasteiger partial charge in [-0.05, 0) is 48.1 Å². The van der Waals surface area contributed by atoms with Gasteiger partial charge in [0.1, 0.15) is 0 Å². The molecule has 2 aromatic carbocycles. The van der Waals surface area contributed by atoms with Gasteiger partial charge >= 0.3 is 0 Å². The number of hydrogen-bond acceptors (Lipinski definition) is 2. The molecule has 22 heavy (non-hydrogen) atoms. The van der Waals surface area contributed by atoms with E-state index < -0.39 is 5.60 Å². The van der Waals surface area contributed by atoms with E-state index in [1.807, 2.05) is 0 Å². The van der Waals surface area contributed by atoms with Crippen LogP contribution >= 0.6 is 0 Å². The van der Waals surface area contributed by atoms with E-state index in [9.17, 15) is 5.11 Å². The number of hydrogen-bond donors (Lipinski definition) is 1. The van der Waals surface area contributed by atoms with E-state index in [1.54, 1.807) is 0 Å². The lowest BCUT2D eigenvalue weighted by atomic mass is 9.72. The van der Waals surface area contributed by atoms with Gasteiger partial charge in [0, 0.05) is 13.1 Å². The Balaban J connectivity index is 1.75. The highest BCUT2D eigenvalue weighted by Crippen LogP contribution is 2.36. The lowest BCUT2D eigenvalue weighted by Crippen LogP contribution is -2.55. The van der Waals surface area contributed by atoms with Crippen molar-refractivity contribution in [3.63, 3.8) is 0 Å².